The molecule has 0 spiro atoms. The van der Waals surface area contributed by atoms with Crippen LogP contribution in [0.1, 0.15) is 44.7 Å². The molecule has 2 N–H and O–H groups in total. The Hall–Kier alpha value is -3.43. The van der Waals surface area contributed by atoms with Crippen LogP contribution in [-0.4, -0.2) is 72.8 Å². The molecule has 1 aliphatic rings. The zero-order chi connectivity index (χ0) is 28.4. The van der Waals surface area contributed by atoms with Gasteiger partial charge in [-0.1, -0.05) is 63.2 Å². The Kier molecular flexibility index (Phi) is 10.9. The molecule has 3 atom stereocenters. The number of ether oxygens (including phenoxy) is 3. The summed E-state index contributed by atoms with van der Waals surface area (Å²) in [6.07, 6.45) is 0.663. The van der Waals surface area contributed by atoms with Gasteiger partial charge in [0, 0.05) is 26.2 Å². The molecule has 39 heavy (non-hydrogen) atoms. The third-order valence-electron chi connectivity index (χ3n) is 6.61. The summed E-state index contributed by atoms with van der Waals surface area (Å²) in [7, 11) is 1.29. The lowest BCUT2D eigenvalue weighted by Gasteiger charge is -2.35. The van der Waals surface area contributed by atoms with E-state index in [0.29, 0.717) is 38.2 Å². The molecule has 0 aliphatic carbocycles. The van der Waals surface area contributed by atoms with Crippen LogP contribution in [0.5, 0.6) is 5.75 Å². The maximum Gasteiger partial charge on any atom is 0.328 e. The first kappa shape index (κ1) is 30.1. The van der Waals surface area contributed by atoms with E-state index in [0.717, 1.165) is 5.56 Å². The lowest BCUT2D eigenvalue weighted by Crippen LogP contribution is -2.57. The molecule has 212 valence electrons. The molecule has 9 heteroatoms. The van der Waals surface area contributed by atoms with Crippen LogP contribution in [0.25, 0.3) is 0 Å². The van der Waals surface area contributed by atoms with E-state index in [1.807, 2.05) is 51.1 Å². The van der Waals surface area contributed by atoms with Crippen molar-refractivity contribution in [2.24, 2.45) is 5.41 Å². The Bertz CT molecular complexity index is 1100. The van der Waals surface area contributed by atoms with Gasteiger partial charge >= 0.3 is 5.97 Å². The number of amides is 2. The van der Waals surface area contributed by atoms with Gasteiger partial charge in [-0.15, -0.1) is 0 Å². The Morgan fingerprint density at radius 3 is 2.44 bits per heavy atom. The van der Waals surface area contributed by atoms with Crippen molar-refractivity contribution in [3.05, 3.63) is 65.7 Å². The number of methoxy groups -OCH3 is 1. The molecule has 1 aliphatic heterocycles. The second-order valence-corrected chi connectivity index (χ2v) is 10.9. The first-order valence-electron chi connectivity index (χ1n) is 13.3. The van der Waals surface area contributed by atoms with Crippen molar-refractivity contribution in [2.75, 3.05) is 26.9 Å². The fourth-order valence-corrected chi connectivity index (χ4v) is 4.57. The van der Waals surface area contributed by atoms with E-state index in [-0.39, 0.29) is 36.6 Å². The van der Waals surface area contributed by atoms with Crippen molar-refractivity contribution in [3.8, 4) is 5.75 Å². The highest BCUT2D eigenvalue weighted by molar-refractivity contribution is 5.92. The zero-order valence-electron chi connectivity index (χ0n) is 23.2. The summed E-state index contributed by atoms with van der Waals surface area (Å²) in [5.74, 6) is -1.17. The van der Waals surface area contributed by atoms with Gasteiger partial charge in [-0.2, -0.15) is 0 Å². The highest BCUT2D eigenvalue weighted by atomic mass is 16.5. The number of nitrogens with one attached hydrogen (secondary N) is 1. The van der Waals surface area contributed by atoms with Crippen LogP contribution in [0, 0.1) is 5.41 Å². The number of rotatable bonds is 12. The molecule has 2 aromatic carbocycles. The van der Waals surface area contributed by atoms with E-state index in [9.17, 15) is 19.5 Å². The summed E-state index contributed by atoms with van der Waals surface area (Å²) in [5, 5.41) is 12.5. The predicted octanol–water partition coefficient (Wildman–Crippen LogP) is 3.23. The summed E-state index contributed by atoms with van der Waals surface area (Å²) >= 11 is 0. The minimum Gasteiger partial charge on any atom is -0.508 e. The van der Waals surface area contributed by atoms with Crippen molar-refractivity contribution < 1.29 is 33.7 Å². The first-order valence-corrected chi connectivity index (χ1v) is 13.3. The molecule has 0 bridgehead atoms. The van der Waals surface area contributed by atoms with Gasteiger partial charge in [0.1, 0.15) is 17.8 Å². The second-order valence-electron chi connectivity index (χ2n) is 10.9. The van der Waals surface area contributed by atoms with Gasteiger partial charge in [-0.05, 0) is 35.1 Å². The fourth-order valence-electron chi connectivity index (χ4n) is 4.57. The Balaban J connectivity index is 1.57. The van der Waals surface area contributed by atoms with Crippen LogP contribution >= 0.6 is 0 Å². The Morgan fingerprint density at radius 1 is 1.05 bits per heavy atom. The van der Waals surface area contributed by atoms with Crippen molar-refractivity contribution >= 4 is 17.8 Å². The quantitative estimate of drug-likeness (QED) is 0.314. The normalized spacial score (nSPS) is 18.0. The number of benzene rings is 2. The SMILES string of the molecule is COC(=O)[C@@H]1C[C@@H](OCCCOCc2ccccc2)CN1C(=O)[C@@H](NC(=O)Cc1cccc(O)c1)C(C)(C)C. The van der Waals surface area contributed by atoms with E-state index in [4.69, 9.17) is 14.2 Å². The van der Waals surface area contributed by atoms with Crippen LogP contribution in [0.4, 0.5) is 0 Å². The summed E-state index contributed by atoms with van der Waals surface area (Å²) < 4.78 is 16.7. The van der Waals surface area contributed by atoms with Gasteiger partial charge in [-0.3, -0.25) is 9.59 Å². The predicted molar refractivity (Wildman–Crippen MR) is 146 cm³/mol. The van der Waals surface area contributed by atoms with E-state index in [1.54, 1.807) is 12.1 Å². The number of likely N-dealkylation sites (tertiary alicyclic amines) is 1. The average molecular weight is 541 g/mol. The average Bonchev–Trinajstić information content (AvgIpc) is 3.32. The molecule has 0 aromatic heterocycles. The molecular weight excluding hydrogens is 500 g/mol. The number of carbonyl (C=O) groups excluding carboxylic acids is 3. The number of hydrogen-bond acceptors (Lipinski definition) is 7. The van der Waals surface area contributed by atoms with Gasteiger partial charge in [-0.25, -0.2) is 4.79 Å². The third kappa shape index (κ3) is 9.07. The molecule has 0 radical (unpaired) electrons. The van der Waals surface area contributed by atoms with Crippen molar-refractivity contribution in [2.45, 2.75) is 64.8 Å². The van der Waals surface area contributed by atoms with Crippen LogP contribution in [0.2, 0.25) is 0 Å². The second kappa shape index (κ2) is 14.1. The molecule has 2 aromatic rings. The number of aromatic hydroxyl groups is 1. The van der Waals surface area contributed by atoms with E-state index in [2.05, 4.69) is 5.32 Å². The minimum atomic E-state index is -0.875. The number of esters is 1. The van der Waals surface area contributed by atoms with Crippen LogP contribution < -0.4 is 5.32 Å². The fraction of sp³-hybridized carbons (Fsp3) is 0.500. The smallest absolute Gasteiger partial charge is 0.328 e. The van der Waals surface area contributed by atoms with E-state index < -0.39 is 23.5 Å². The van der Waals surface area contributed by atoms with Crippen molar-refractivity contribution in [1.29, 1.82) is 0 Å². The molecule has 9 nitrogen and oxygen atoms in total. The van der Waals surface area contributed by atoms with Crippen LogP contribution in [-0.2, 0) is 41.6 Å². The zero-order valence-corrected chi connectivity index (χ0v) is 23.2. The topological polar surface area (TPSA) is 114 Å². The van der Waals surface area contributed by atoms with Crippen LogP contribution in [0.15, 0.2) is 54.6 Å². The Morgan fingerprint density at radius 2 is 1.77 bits per heavy atom. The first-order chi connectivity index (χ1) is 18.6. The summed E-state index contributed by atoms with van der Waals surface area (Å²) in [5.41, 5.74) is 1.11. The number of hydrogen-bond donors (Lipinski definition) is 2. The molecule has 1 heterocycles. The molecule has 2 amide bonds. The van der Waals surface area contributed by atoms with Gasteiger partial charge in [0.15, 0.2) is 0 Å². The number of phenolic OH excluding ortho intramolecular Hbond substituents is 1. The van der Waals surface area contributed by atoms with Gasteiger partial charge < -0.3 is 29.5 Å². The largest absolute Gasteiger partial charge is 0.508 e. The lowest BCUT2D eigenvalue weighted by molar-refractivity contribution is -0.153. The number of nitrogens with zero attached hydrogens (tertiary/aromatic N) is 1. The monoisotopic (exact) mass is 540 g/mol. The third-order valence-corrected chi connectivity index (χ3v) is 6.61. The molecule has 3 rings (SSSR count). The molecule has 0 saturated carbocycles. The molecular formula is C30H40N2O7. The van der Waals surface area contributed by atoms with E-state index >= 15 is 0 Å². The summed E-state index contributed by atoms with van der Waals surface area (Å²) in [6.45, 7) is 7.28. The van der Waals surface area contributed by atoms with Crippen LogP contribution in [0.3, 0.4) is 0 Å². The number of carbonyl (C=O) groups is 3. The number of phenols is 1. The van der Waals surface area contributed by atoms with Gasteiger partial charge in [0.25, 0.3) is 0 Å². The van der Waals surface area contributed by atoms with Crippen molar-refractivity contribution in [3.63, 3.8) is 0 Å². The maximum absolute atomic E-state index is 13.7. The summed E-state index contributed by atoms with van der Waals surface area (Å²) in [4.78, 5) is 40.7. The Labute approximate surface area is 230 Å². The maximum atomic E-state index is 13.7. The van der Waals surface area contributed by atoms with E-state index in [1.165, 1.54) is 24.1 Å². The molecule has 1 fully saturated rings. The van der Waals surface area contributed by atoms with Gasteiger partial charge in [0.2, 0.25) is 11.8 Å². The standard InChI is InChI=1S/C30H40N2O7/c1-30(2,3)27(31-26(34)17-22-12-8-13-23(33)16-22)28(35)32-19-24(18-25(32)29(36)37-4)39-15-9-14-38-20-21-10-6-5-7-11-21/h5-8,10-13,16,24-25,27,33H,9,14-15,17-20H2,1-4H3,(H,31,34)/t24-,25+,27-/m1/s1. The highest BCUT2D eigenvalue weighted by Crippen LogP contribution is 2.28. The van der Waals surface area contributed by atoms with Crippen molar-refractivity contribution in [1.82, 2.24) is 10.2 Å². The van der Waals surface area contributed by atoms with Gasteiger partial charge in [0.05, 0.1) is 26.2 Å². The minimum absolute atomic E-state index is 0.00672. The summed E-state index contributed by atoms with van der Waals surface area (Å²) in [6, 6.07) is 14.7. The lowest BCUT2D eigenvalue weighted by atomic mass is 9.85. The highest BCUT2D eigenvalue weighted by Gasteiger charge is 2.45. The molecule has 1 saturated heterocycles. The molecule has 0 unspecified atom stereocenters.